The Kier molecular flexibility index (Phi) is 6.19. The number of carbonyl (C=O) groups is 2. The fourth-order valence-corrected chi connectivity index (χ4v) is 1.94. The van der Waals surface area contributed by atoms with Crippen molar-refractivity contribution in [1.82, 2.24) is 10.6 Å². The van der Waals surface area contributed by atoms with Crippen molar-refractivity contribution in [2.45, 2.75) is 19.5 Å². The second-order valence-corrected chi connectivity index (χ2v) is 5.08. The first-order valence-electron chi connectivity index (χ1n) is 6.17. The molecule has 0 saturated carbocycles. The minimum Gasteiger partial charge on any atom is -0.355 e. The maximum Gasteiger partial charge on any atom is 0.417 e. The van der Waals surface area contributed by atoms with Gasteiger partial charge in [-0.2, -0.15) is 13.2 Å². The molecule has 2 amide bonds. The minimum atomic E-state index is -4.56. The molecule has 0 aliphatic rings. The quantitative estimate of drug-likeness (QED) is 0.841. The molecule has 0 aliphatic heterocycles. The third-order valence-corrected chi connectivity index (χ3v) is 3.21. The number of nitrogens with one attached hydrogen (secondary N) is 2. The lowest BCUT2D eigenvalue weighted by molar-refractivity contribution is -0.138. The molecule has 21 heavy (non-hydrogen) atoms. The summed E-state index contributed by atoms with van der Waals surface area (Å²) in [6.45, 7) is 2.07. The van der Waals surface area contributed by atoms with Crippen molar-refractivity contribution in [2.75, 3.05) is 13.1 Å². The topological polar surface area (TPSA) is 58.2 Å². The molecule has 0 aliphatic carbocycles. The highest BCUT2D eigenvalue weighted by atomic mass is 79.9. The van der Waals surface area contributed by atoms with Crippen molar-refractivity contribution in [1.29, 1.82) is 0 Å². The molecule has 0 heterocycles. The van der Waals surface area contributed by atoms with Gasteiger partial charge in [0.05, 0.1) is 12.1 Å². The summed E-state index contributed by atoms with van der Waals surface area (Å²) in [5.74, 6) is -1.13. The Hall–Kier alpha value is -1.57. The minimum absolute atomic E-state index is 0.146. The van der Waals surface area contributed by atoms with Crippen molar-refractivity contribution in [3.8, 4) is 0 Å². The van der Waals surface area contributed by atoms with E-state index in [4.69, 9.17) is 0 Å². The number of alkyl halides is 3. The highest BCUT2D eigenvalue weighted by Gasteiger charge is 2.33. The van der Waals surface area contributed by atoms with E-state index in [9.17, 15) is 22.8 Å². The number of hydrogen-bond donors (Lipinski definition) is 2. The predicted molar refractivity (Wildman–Crippen MR) is 74.8 cm³/mol. The van der Waals surface area contributed by atoms with Gasteiger partial charge in [-0.25, -0.2) is 0 Å². The normalized spacial score (nSPS) is 11.1. The van der Waals surface area contributed by atoms with Gasteiger partial charge >= 0.3 is 6.18 Å². The van der Waals surface area contributed by atoms with E-state index >= 15 is 0 Å². The van der Waals surface area contributed by atoms with Gasteiger partial charge in [0.15, 0.2) is 0 Å². The number of hydrogen-bond acceptors (Lipinski definition) is 2. The lowest BCUT2D eigenvalue weighted by Crippen LogP contribution is -2.37. The van der Waals surface area contributed by atoms with Crippen molar-refractivity contribution in [3.05, 3.63) is 33.8 Å². The highest BCUT2D eigenvalue weighted by Crippen LogP contribution is 2.35. The third-order valence-electron chi connectivity index (χ3n) is 2.52. The summed E-state index contributed by atoms with van der Waals surface area (Å²) >= 11 is 2.79. The van der Waals surface area contributed by atoms with Crippen LogP contribution >= 0.6 is 15.9 Å². The number of amides is 2. The molecule has 0 aromatic heterocycles. The molecule has 0 saturated heterocycles. The van der Waals surface area contributed by atoms with E-state index in [2.05, 4.69) is 26.6 Å². The molecule has 1 rings (SSSR count). The molecule has 0 fully saturated rings. The third kappa shape index (κ3) is 5.37. The van der Waals surface area contributed by atoms with Crippen molar-refractivity contribution >= 4 is 27.7 Å². The Labute approximate surface area is 128 Å². The summed E-state index contributed by atoms with van der Waals surface area (Å²) in [5.41, 5.74) is -1.10. The fraction of sp³-hybridized carbons (Fsp3) is 0.385. The molecular weight excluding hydrogens is 353 g/mol. The van der Waals surface area contributed by atoms with Crippen LogP contribution in [0.3, 0.4) is 0 Å². The second kappa shape index (κ2) is 7.44. The standard InChI is InChI=1S/C13H14BrF3N2O2/c1-2-5-18-11(20)7-19-12(21)8-3-4-10(14)9(6-8)13(15,16)17/h3-4,6H,2,5,7H2,1H3,(H,18,20)(H,19,21). The van der Waals surface area contributed by atoms with Gasteiger partial charge in [0.25, 0.3) is 5.91 Å². The van der Waals surface area contributed by atoms with E-state index in [0.29, 0.717) is 6.54 Å². The van der Waals surface area contributed by atoms with Gasteiger partial charge in [-0.15, -0.1) is 0 Å². The van der Waals surface area contributed by atoms with E-state index in [1.165, 1.54) is 6.07 Å². The van der Waals surface area contributed by atoms with Gasteiger partial charge in [0.1, 0.15) is 0 Å². The Morgan fingerprint density at radius 1 is 1.24 bits per heavy atom. The van der Waals surface area contributed by atoms with Crippen LogP contribution in [-0.4, -0.2) is 24.9 Å². The Morgan fingerprint density at radius 3 is 2.48 bits per heavy atom. The van der Waals surface area contributed by atoms with E-state index in [0.717, 1.165) is 18.6 Å². The zero-order chi connectivity index (χ0) is 16.0. The van der Waals surface area contributed by atoms with Gasteiger partial charge in [-0.1, -0.05) is 22.9 Å². The first-order chi connectivity index (χ1) is 9.75. The van der Waals surface area contributed by atoms with E-state index in [1.807, 2.05) is 6.92 Å². The van der Waals surface area contributed by atoms with Crippen LogP contribution in [-0.2, 0) is 11.0 Å². The molecule has 0 bridgehead atoms. The average molecular weight is 367 g/mol. The van der Waals surface area contributed by atoms with Gasteiger partial charge in [0.2, 0.25) is 5.91 Å². The summed E-state index contributed by atoms with van der Waals surface area (Å²) in [4.78, 5) is 23.0. The Morgan fingerprint density at radius 2 is 1.90 bits per heavy atom. The van der Waals surface area contributed by atoms with Crippen LogP contribution in [0.2, 0.25) is 0 Å². The molecule has 1 aromatic rings. The fourth-order valence-electron chi connectivity index (χ4n) is 1.47. The largest absolute Gasteiger partial charge is 0.417 e. The molecular formula is C13H14BrF3N2O2. The molecule has 4 nitrogen and oxygen atoms in total. The smallest absolute Gasteiger partial charge is 0.355 e. The number of carbonyl (C=O) groups excluding carboxylic acids is 2. The number of halogens is 4. The first kappa shape index (κ1) is 17.5. The molecule has 0 spiro atoms. The zero-order valence-corrected chi connectivity index (χ0v) is 12.8. The van der Waals surface area contributed by atoms with Crippen LogP contribution in [0.1, 0.15) is 29.3 Å². The van der Waals surface area contributed by atoms with Crippen LogP contribution in [0.25, 0.3) is 0 Å². The first-order valence-corrected chi connectivity index (χ1v) is 6.96. The zero-order valence-electron chi connectivity index (χ0n) is 11.2. The van der Waals surface area contributed by atoms with Gasteiger partial charge in [-0.3, -0.25) is 9.59 Å². The summed E-state index contributed by atoms with van der Waals surface area (Å²) in [5, 5.41) is 4.81. The SMILES string of the molecule is CCCNC(=O)CNC(=O)c1ccc(Br)c(C(F)(F)F)c1. The molecule has 0 unspecified atom stereocenters. The summed E-state index contributed by atoms with van der Waals surface area (Å²) in [6, 6.07) is 3.14. The van der Waals surface area contributed by atoms with Crippen molar-refractivity contribution in [2.24, 2.45) is 0 Å². The number of rotatable bonds is 5. The van der Waals surface area contributed by atoms with Gasteiger partial charge < -0.3 is 10.6 Å². The van der Waals surface area contributed by atoms with E-state index < -0.39 is 23.6 Å². The Balaban J connectivity index is 2.73. The molecule has 8 heteroatoms. The van der Waals surface area contributed by atoms with Crippen molar-refractivity contribution in [3.63, 3.8) is 0 Å². The van der Waals surface area contributed by atoms with Gasteiger partial charge in [-0.05, 0) is 24.6 Å². The van der Waals surface area contributed by atoms with Crippen LogP contribution < -0.4 is 10.6 Å². The molecule has 1 aromatic carbocycles. The second-order valence-electron chi connectivity index (χ2n) is 4.23. The van der Waals surface area contributed by atoms with Crippen molar-refractivity contribution < 1.29 is 22.8 Å². The monoisotopic (exact) mass is 366 g/mol. The summed E-state index contributed by atoms with van der Waals surface area (Å²) < 4.78 is 38.0. The van der Waals surface area contributed by atoms with Gasteiger partial charge in [0, 0.05) is 16.6 Å². The Bertz CT molecular complexity index is 533. The van der Waals surface area contributed by atoms with E-state index in [1.54, 1.807) is 0 Å². The summed E-state index contributed by atoms with van der Waals surface area (Å²) in [7, 11) is 0. The maximum atomic E-state index is 12.7. The average Bonchev–Trinajstić information content (AvgIpc) is 2.41. The molecule has 2 N–H and O–H groups in total. The summed E-state index contributed by atoms with van der Waals surface area (Å²) in [6.07, 6.45) is -3.81. The number of benzene rings is 1. The van der Waals surface area contributed by atoms with Crippen LogP contribution in [0.5, 0.6) is 0 Å². The lowest BCUT2D eigenvalue weighted by atomic mass is 10.1. The van der Waals surface area contributed by atoms with Crippen LogP contribution in [0.15, 0.2) is 22.7 Å². The van der Waals surface area contributed by atoms with Crippen LogP contribution in [0.4, 0.5) is 13.2 Å². The lowest BCUT2D eigenvalue weighted by Gasteiger charge is -2.11. The molecule has 116 valence electrons. The predicted octanol–water partition coefficient (Wildman–Crippen LogP) is 2.72. The molecule has 0 atom stereocenters. The highest BCUT2D eigenvalue weighted by molar-refractivity contribution is 9.10. The van der Waals surface area contributed by atoms with Crippen LogP contribution in [0, 0.1) is 0 Å². The maximum absolute atomic E-state index is 12.7. The van der Waals surface area contributed by atoms with E-state index in [-0.39, 0.29) is 16.6 Å². The molecule has 0 radical (unpaired) electrons.